The third kappa shape index (κ3) is 5.15. The zero-order valence-electron chi connectivity index (χ0n) is 24.3. The number of pyridine rings is 2. The Hall–Kier alpha value is -4.51. The van der Waals surface area contributed by atoms with Gasteiger partial charge in [-0.3, -0.25) is 14.2 Å². The summed E-state index contributed by atoms with van der Waals surface area (Å²) in [7, 11) is 4.68. The number of ether oxygens (including phenoxy) is 4. The van der Waals surface area contributed by atoms with Crippen LogP contribution in [0.4, 0.5) is 11.4 Å². The van der Waals surface area contributed by atoms with E-state index in [0.717, 1.165) is 16.6 Å². The monoisotopic (exact) mass is 633 g/mol. The third-order valence-corrected chi connectivity index (χ3v) is 8.34. The van der Waals surface area contributed by atoms with Gasteiger partial charge in [-0.25, -0.2) is 4.98 Å². The van der Waals surface area contributed by atoms with Gasteiger partial charge in [-0.1, -0.05) is 29.8 Å². The standard InChI is InChI=1S/C32H29Cl2N5O5/c1-5-28(40)37-22-13-19(25(41-2)15-24(22)38-8-10-44-11-9-38)21-14-23-18(17-36-21)12-20(32-35-6-7-39(23)32)29-30(33)26(42-3)16-27(43-4)31(29)34/h5-7,12-17H,1,8-11H2,2-4H3,(H,37,40). The van der Waals surface area contributed by atoms with Crippen LogP contribution in [0.2, 0.25) is 10.0 Å². The van der Waals surface area contributed by atoms with Crippen molar-refractivity contribution >= 4 is 57.0 Å². The molecule has 0 bridgehead atoms. The molecule has 5 aromatic rings. The maximum atomic E-state index is 12.4. The van der Waals surface area contributed by atoms with E-state index in [-0.39, 0.29) is 5.91 Å². The first-order chi connectivity index (χ1) is 21.4. The van der Waals surface area contributed by atoms with Crippen LogP contribution in [-0.4, -0.2) is 67.9 Å². The number of aromatic nitrogens is 3. The second-order valence-corrected chi connectivity index (χ2v) is 10.7. The molecule has 0 spiro atoms. The lowest BCUT2D eigenvalue weighted by molar-refractivity contribution is -0.111. The van der Waals surface area contributed by atoms with Crippen LogP contribution < -0.4 is 24.4 Å². The number of hydrogen-bond acceptors (Lipinski definition) is 8. The summed E-state index contributed by atoms with van der Waals surface area (Å²) in [5.74, 6) is 1.14. The maximum absolute atomic E-state index is 12.4. The molecular formula is C32H29Cl2N5O5. The molecule has 1 amide bonds. The minimum Gasteiger partial charge on any atom is -0.496 e. The van der Waals surface area contributed by atoms with Gasteiger partial charge in [0.05, 0.1) is 67.2 Å². The van der Waals surface area contributed by atoms with E-state index in [2.05, 4.69) is 21.8 Å². The van der Waals surface area contributed by atoms with Gasteiger partial charge in [-0.15, -0.1) is 0 Å². The summed E-state index contributed by atoms with van der Waals surface area (Å²) in [5, 5.41) is 4.44. The predicted molar refractivity (Wildman–Crippen MR) is 173 cm³/mol. The Bertz CT molecular complexity index is 1890. The van der Waals surface area contributed by atoms with Crippen molar-refractivity contribution in [2.75, 3.05) is 57.8 Å². The largest absolute Gasteiger partial charge is 0.496 e. The molecule has 0 radical (unpaired) electrons. The lowest BCUT2D eigenvalue weighted by Crippen LogP contribution is -2.36. The van der Waals surface area contributed by atoms with Crippen molar-refractivity contribution < 1.29 is 23.7 Å². The summed E-state index contributed by atoms with van der Waals surface area (Å²) in [6.45, 7) is 6.15. The van der Waals surface area contributed by atoms with Gasteiger partial charge in [0.1, 0.15) is 22.9 Å². The highest BCUT2D eigenvalue weighted by atomic mass is 35.5. The second-order valence-electron chi connectivity index (χ2n) is 9.95. The number of fused-ring (bicyclic) bond motifs is 3. The molecule has 2 aromatic carbocycles. The number of carbonyl (C=O) groups is 1. The zero-order chi connectivity index (χ0) is 31.0. The predicted octanol–water partition coefficient (Wildman–Crippen LogP) is 6.51. The molecule has 1 saturated heterocycles. The summed E-state index contributed by atoms with van der Waals surface area (Å²) < 4.78 is 24.3. The molecule has 0 unspecified atom stereocenters. The third-order valence-electron chi connectivity index (χ3n) is 7.58. The fourth-order valence-electron chi connectivity index (χ4n) is 5.43. The average molecular weight is 635 g/mol. The molecule has 0 atom stereocenters. The SMILES string of the molecule is C=CC(=O)Nc1cc(-c2cc3c(cn2)cc(-c2c(Cl)c(OC)cc(OC)c2Cl)c2nccn23)c(OC)cc1N1CCOCC1. The Balaban J connectivity index is 1.54. The van der Waals surface area contributed by atoms with Crippen LogP contribution in [0.3, 0.4) is 0 Å². The van der Waals surface area contributed by atoms with Crippen LogP contribution in [-0.2, 0) is 9.53 Å². The zero-order valence-corrected chi connectivity index (χ0v) is 25.8. The summed E-state index contributed by atoms with van der Waals surface area (Å²) in [6, 6.07) is 9.33. The van der Waals surface area contributed by atoms with Crippen LogP contribution in [0, 0.1) is 0 Å². The van der Waals surface area contributed by atoms with Gasteiger partial charge < -0.3 is 29.2 Å². The molecule has 226 valence electrons. The molecule has 0 saturated carbocycles. The molecular weight excluding hydrogens is 605 g/mol. The quantitative estimate of drug-likeness (QED) is 0.193. The maximum Gasteiger partial charge on any atom is 0.247 e. The number of methoxy groups -OCH3 is 3. The Morgan fingerprint density at radius 1 is 0.955 bits per heavy atom. The highest BCUT2D eigenvalue weighted by Gasteiger charge is 2.24. The molecule has 44 heavy (non-hydrogen) atoms. The number of rotatable bonds is 8. The Labute approximate surface area is 263 Å². The molecule has 12 heteroatoms. The smallest absolute Gasteiger partial charge is 0.247 e. The van der Waals surface area contributed by atoms with Crippen LogP contribution in [0.1, 0.15) is 0 Å². The lowest BCUT2D eigenvalue weighted by atomic mass is 10.0. The fraction of sp³-hybridized carbons (Fsp3) is 0.219. The number of nitrogens with zero attached hydrogens (tertiary/aromatic N) is 4. The van der Waals surface area contributed by atoms with Crippen molar-refractivity contribution in [1.29, 1.82) is 0 Å². The van der Waals surface area contributed by atoms with Crippen LogP contribution in [0.25, 0.3) is 38.9 Å². The van der Waals surface area contributed by atoms with E-state index in [9.17, 15) is 4.79 Å². The van der Waals surface area contributed by atoms with Gasteiger partial charge in [-0.2, -0.15) is 0 Å². The Kier molecular flexibility index (Phi) is 8.22. The summed E-state index contributed by atoms with van der Waals surface area (Å²) >= 11 is 13.6. The molecule has 1 aliphatic heterocycles. The number of imidazole rings is 1. The van der Waals surface area contributed by atoms with Crippen molar-refractivity contribution in [1.82, 2.24) is 14.4 Å². The Morgan fingerprint density at radius 2 is 1.66 bits per heavy atom. The average Bonchev–Trinajstić information content (AvgIpc) is 3.56. The van der Waals surface area contributed by atoms with Gasteiger partial charge in [0, 0.05) is 65.9 Å². The number of morpholine rings is 1. The molecule has 6 rings (SSSR count). The van der Waals surface area contributed by atoms with E-state index in [1.165, 1.54) is 20.3 Å². The van der Waals surface area contributed by atoms with Gasteiger partial charge in [0.15, 0.2) is 0 Å². The molecule has 3 aromatic heterocycles. The van der Waals surface area contributed by atoms with E-state index >= 15 is 0 Å². The van der Waals surface area contributed by atoms with Gasteiger partial charge in [0.2, 0.25) is 5.91 Å². The van der Waals surface area contributed by atoms with E-state index in [0.29, 0.717) is 87.3 Å². The van der Waals surface area contributed by atoms with Crippen LogP contribution >= 0.6 is 23.2 Å². The second kappa shape index (κ2) is 12.2. The fourth-order valence-corrected chi connectivity index (χ4v) is 6.14. The molecule has 1 N–H and O–H groups in total. The minimum atomic E-state index is -0.318. The normalized spacial score (nSPS) is 13.2. The van der Waals surface area contributed by atoms with Crippen LogP contribution in [0.15, 0.2) is 61.6 Å². The first-order valence-corrected chi connectivity index (χ1v) is 14.5. The van der Waals surface area contributed by atoms with Crippen molar-refractivity contribution in [2.45, 2.75) is 0 Å². The van der Waals surface area contributed by atoms with Crippen molar-refractivity contribution in [3.8, 4) is 39.6 Å². The summed E-state index contributed by atoms with van der Waals surface area (Å²) in [5.41, 5.74) is 5.47. The van der Waals surface area contributed by atoms with E-state index in [1.807, 2.05) is 34.9 Å². The number of carbonyl (C=O) groups excluding carboxylic acids is 1. The van der Waals surface area contributed by atoms with Crippen molar-refractivity contribution in [3.05, 3.63) is 71.6 Å². The van der Waals surface area contributed by atoms with Crippen LogP contribution in [0.5, 0.6) is 17.2 Å². The molecule has 1 aliphatic rings. The number of hydrogen-bond donors (Lipinski definition) is 1. The summed E-state index contributed by atoms with van der Waals surface area (Å²) in [6.07, 6.45) is 6.58. The van der Waals surface area contributed by atoms with Crippen molar-refractivity contribution in [2.24, 2.45) is 0 Å². The van der Waals surface area contributed by atoms with E-state index in [4.69, 9.17) is 47.1 Å². The highest BCUT2D eigenvalue weighted by Crippen LogP contribution is 2.48. The van der Waals surface area contributed by atoms with Gasteiger partial charge >= 0.3 is 0 Å². The Morgan fingerprint density at radius 3 is 2.32 bits per heavy atom. The van der Waals surface area contributed by atoms with Gasteiger partial charge in [0.25, 0.3) is 0 Å². The van der Waals surface area contributed by atoms with E-state index < -0.39 is 0 Å². The first-order valence-electron chi connectivity index (χ1n) is 13.7. The number of benzene rings is 2. The number of amides is 1. The summed E-state index contributed by atoms with van der Waals surface area (Å²) in [4.78, 5) is 24.0. The molecule has 1 fully saturated rings. The van der Waals surface area contributed by atoms with Crippen molar-refractivity contribution in [3.63, 3.8) is 0 Å². The first kappa shape index (κ1) is 29.6. The number of halogens is 2. The topological polar surface area (TPSA) is 99.5 Å². The molecule has 4 heterocycles. The number of nitrogens with one attached hydrogen (secondary N) is 1. The highest BCUT2D eigenvalue weighted by molar-refractivity contribution is 6.41. The number of anilines is 2. The van der Waals surface area contributed by atoms with E-state index in [1.54, 1.807) is 25.6 Å². The molecule has 10 nitrogen and oxygen atoms in total. The minimum absolute atomic E-state index is 0.318. The molecule has 0 aliphatic carbocycles. The lowest BCUT2D eigenvalue weighted by Gasteiger charge is -2.31. The van der Waals surface area contributed by atoms with Gasteiger partial charge in [-0.05, 0) is 24.3 Å².